The number of aromatic carboxylic acids is 1. The van der Waals surface area contributed by atoms with Crippen molar-refractivity contribution in [2.75, 3.05) is 0 Å². The van der Waals surface area contributed by atoms with Gasteiger partial charge in [0.15, 0.2) is 0 Å². The van der Waals surface area contributed by atoms with Gasteiger partial charge in [0.1, 0.15) is 0 Å². The molecule has 3 aromatic rings. The highest BCUT2D eigenvalue weighted by molar-refractivity contribution is 6.02. The van der Waals surface area contributed by atoms with Crippen LogP contribution in [-0.2, 0) is 6.42 Å². The molecule has 27 heavy (non-hydrogen) atoms. The lowest BCUT2D eigenvalue weighted by atomic mass is 9.92. The Hall–Kier alpha value is -3.47. The van der Waals surface area contributed by atoms with Gasteiger partial charge in [-0.15, -0.1) is 0 Å². The number of nitrogens with zero attached hydrogens (tertiary/aromatic N) is 2. The number of carboxylic acids is 1. The zero-order valence-corrected chi connectivity index (χ0v) is 15.0. The van der Waals surface area contributed by atoms with Crippen molar-refractivity contribution in [3.8, 4) is 11.1 Å². The van der Waals surface area contributed by atoms with Crippen LogP contribution in [0.1, 0.15) is 33.5 Å². The normalized spacial score (nSPS) is 11.4. The van der Waals surface area contributed by atoms with Gasteiger partial charge in [-0.05, 0) is 66.3 Å². The number of hydrogen-bond acceptors (Lipinski definition) is 4. The van der Waals surface area contributed by atoms with E-state index in [0.717, 1.165) is 27.8 Å². The summed E-state index contributed by atoms with van der Waals surface area (Å²) in [6.45, 7) is 2.01. The number of oxime groups is 1. The van der Waals surface area contributed by atoms with Gasteiger partial charge in [-0.3, -0.25) is 4.98 Å². The summed E-state index contributed by atoms with van der Waals surface area (Å²) < 4.78 is 0. The second-order valence-electron chi connectivity index (χ2n) is 6.26. The molecule has 0 bridgehead atoms. The van der Waals surface area contributed by atoms with E-state index < -0.39 is 5.97 Å². The molecule has 2 aromatic carbocycles. The Morgan fingerprint density at radius 3 is 2.37 bits per heavy atom. The zero-order valence-electron chi connectivity index (χ0n) is 15.0. The molecular weight excluding hydrogens is 340 g/mol. The number of carboxylic acid groups (broad SMARTS) is 1. The predicted octanol–water partition coefficient (Wildman–Crippen LogP) is 4.57. The van der Waals surface area contributed by atoms with Gasteiger partial charge in [-0.1, -0.05) is 35.5 Å². The minimum atomic E-state index is -0.942. The van der Waals surface area contributed by atoms with E-state index in [1.165, 1.54) is 0 Å². The van der Waals surface area contributed by atoms with Gasteiger partial charge in [0, 0.05) is 18.0 Å². The molecule has 0 amide bonds. The molecular formula is C22H20N2O3. The van der Waals surface area contributed by atoms with E-state index in [2.05, 4.69) is 10.1 Å². The van der Waals surface area contributed by atoms with Crippen molar-refractivity contribution >= 4 is 11.7 Å². The minimum Gasteiger partial charge on any atom is -0.478 e. The summed E-state index contributed by atoms with van der Waals surface area (Å²) in [5.41, 5.74) is 5.92. The number of aromatic nitrogens is 1. The van der Waals surface area contributed by atoms with Crippen LogP contribution in [0.2, 0.25) is 0 Å². The summed E-state index contributed by atoms with van der Waals surface area (Å²) in [5, 5.41) is 22.1. The summed E-state index contributed by atoms with van der Waals surface area (Å²) in [6, 6.07) is 16.6. The van der Waals surface area contributed by atoms with Crippen molar-refractivity contribution in [1.82, 2.24) is 4.98 Å². The van der Waals surface area contributed by atoms with Crippen LogP contribution in [0.3, 0.4) is 0 Å². The Kier molecular flexibility index (Phi) is 5.61. The predicted molar refractivity (Wildman–Crippen MR) is 104 cm³/mol. The van der Waals surface area contributed by atoms with Crippen molar-refractivity contribution in [3.05, 3.63) is 89.2 Å². The number of hydrogen-bond donors (Lipinski definition) is 2. The highest BCUT2D eigenvalue weighted by Gasteiger charge is 2.12. The molecule has 0 saturated heterocycles. The molecule has 5 heteroatoms. The highest BCUT2D eigenvalue weighted by atomic mass is 16.4. The molecule has 0 spiro atoms. The molecule has 1 heterocycles. The van der Waals surface area contributed by atoms with E-state index in [1.54, 1.807) is 36.7 Å². The molecule has 0 aliphatic carbocycles. The molecule has 0 unspecified atom stereocenters. The summed E-state index contributed by atoms with van der Waals surface area (Å²) in [5.74, 6) is -0.942. The minimum absolute atomic E-state index is 0.260. The summed E-state index contributed by atoms with van der Waals surface area (Å²) >= 11 is 0. The fraction of sp³-hybridized carbons (Fsp3) is 0.136. The van der Waals surface area contributed by atoms with Gasteiger partial charge in [0.25, 0.3) is 0 Å². The Labute approximate surface area is 157 Å². The first-order chi connectivity index (χ1) is 13.1. The van der Waals surface area contributed by atoms with Crippen LogP contribution in [-0.4, -0.2) is 27.0 Å². The SMILES string of the molecule is Cc1c(/C(CCc2ccc(C(=O)O)cc2)=N\O)cccc1-c1ccncc1. The molecule has 0 fully saturated rings. The third-order valence-corrected chi connectivity index (χ3v) is 4.61. The third kappa shape index (κ3) is 4.20. The Morgan fingerprint density at radius 2 is 1.74 bits per heavy atom. The molecule has 0 atom stereocenters. The molecule has 3 rings (SSSR count). The van der Waals surface area contributed by atoms with Crippen molar-refractivity contribution in [2.45, 2.75) is 19.8 Å². The number of benzene rings is 2. The summed E-state index contributed by atoms with van der Waals surface area (Å²) in [6.07, 6.45) is 4.70. The monoisotopic (exact) mass is 360 g/mol. The van der Waals surface area contributed by atoms with Gasteiger partial charge in [-0.25, -0.2) is 4.79 Å². The molecule has 5 nitrogen and oxygen atoms in total. The molecule has 136 valence electrons. The second-order valence-corrected chi connectivity index (χ2v) is 6.26. The van der Waals surface area contributed by atoms with Crippen molar-refractivity contribution in [3.63, 3.8) is 0 Å². The quantitative estimate of drug-likeness (QED) is 0.383. The average Bonchev–Trinajstić information content (AvgIpc) is 2.70. The number of pyridine rings is 1. The first-order valence-electron chi connectivity index (χ1n) is 8.63. The fourth-order valence-electron chi connectivity index (χ4n) is 3.11. The van der Waals surface area contributed by atoms with Gasteiger partial charge >= 0.3 is 5.97 Å². The van der Waals surface area contributed by atoms with Crippen LogP contribution >= 0.6 is 0 Å². The highest BCUT2D eigenvalue weighted by Crippen LogP contribution is 2.26. The maximum atomic E-state index is 10.9. The van der Waals surface area contributed by atoms with Gasteiger partial charge in [0.05, 0.1) is 11.3 Å². The zero-order chi connectivity index (χ0) is 19.2. The molecule has 0 saturated carbocycles. The lowest BCUT2D eigenvalue weighted by Gasteiger charge is -2.13. The third-order valence-electron chi connectivity index (χ3n) is 4.61. The molecule has 1 aromatic heterocycles. The molecule has 0 radical (unpaired) electrons. The number of aryl methyl sites for hydroxylation is 1. The Balaban J connectivity index is 1.81. The average molecular weight is 360 g/mol. The van der Waals surface area contributed by atoms with Crippen LogP contribution in [0.5, 0.6) is 0 Å². The van der Waals surface area contributed by atoms with Crippen molar-refractivity contribution in [2.24, 2.45) is 5.16 Å². The lowest BCUT2D eigenvalue weighted by Crippen LogP contribution is -2.06. The largest absolute Gasteiger partial charge is 0.478 e. The van der Waals surface area contributed by atoms with E-state index >= 15 is 0 Å². The standard InChI is InChI=1S/C22H20N2O3/c1-15-19(17-11-13-23-14-12-17)3-2-4-20(15)21(24-27)10-7-16-5-8-18(9-6-16)22(25)26/h2-6,8-9,11-14,27H,7,10H2,1H3,(H,25,26)/b24-21-. The van der Waals surface area contributed by atoms with E-state index in [-0.39, 0.29) is 5.56 Å². The fourth-order valence-corrected chi connectivity index (χ4v) is 3.11. The topological polar surface area (TPSA) is 82.8 Å². The van der Waals surface area contributed by atoms with E-state index in [0.29, 0.717) is 18.6 Å². The first-order valence-corrected chi connectivity index (χ1v) is 8.63. The molecule has 0 aliphatic rings. The maximum absolute atomic E-state index is 10.9. The molecule has 0 aliphatic heterocycles. The van der Waals surface area contributed by atoms with Gasteiger partial charge in [0.2, 0.25) is 0 Å². The maximum Gasteiger partial charge on any atom is 0.335 e. The van der Waals surface area contributed by atoms with Crippen molar-refractivity contribution in [1.29, 1.82) is 0 Å². The van der Waals surface area contributed by atoms with E-state index in [1.807, 2.05) is 37.3 Å². The Morgan fingerprint density at radius 1 is 1.04 bits per heavy atom. The number of rotatable bonds is 6. The second kappa shape index (κ2) is 8.27. The summed E-state index contributed by atoms with van der Waals surface area (Å²) in [7, 11) is 0. The van der Waals surface area contributed by atoms with Gasteiger partial charge < -0.3 is 10.3 Å². The molecule has 2 N–H and O–H groups in total. The van der Waals surface area contributed by atoms with Crippen LogP contribution in [0.15, 0.2) is 72.1 Å². The van der Waals surface area contributed by atoms with Crippen LogP contribution < -0.4 is 0 Å². The van der Waals surface area contributed by atoms with Crippen LogP contribution in [0.25, 0.3) is 11.1 Å². The lowest BCUT2D eigenvalue weighted by molar-refractivity contribution is 0.0697. The van der Waals surface area contributed by atoms with E-state index in [4.69, 9.17) is 5.11 Å². The summed E-state index contributed by atoms with van der Waals surface area (Å²) in [4.78, 5) is 15.0. The van der Waals surface area contributed by atoms with Crippen molar-refractivity contribution < 1.29 is 15.1 Å². The van der Waals surface area contributed by atoms with Gasteiger partial charge in [-0.2, -0.15) is 0 Å². The van der Waals surface area contributed by atoms with Crippen LogP contribution in [0, 0.1) is 6.92 Å². The smallest absolute Gasteiger partial charge is 0.335 e. The van der Waals surface area contributed by atoms with Crippen LogP contribution in [0.4, 0.5) is 0 Å². The van der Waals surface area contributed by atoms with E-state index in [9.17, 15) is 10.0 Å². The first kappa shape index (κ1) is 18.3. The number of carbonyl (C=O) groups is 1. The Bertz CT molecular complexity index is 965.